The van der Waals surface area contributed by atoms with E-state index in [1.54, 1.807) is 0 Å². The van der Waals surface area contributed by atoms with E-state index in [0.717, 1.165) is 31.0 Å². The van der Waals surface area contributed by atoms with E-state index in [0.29, 0.717) is 6.04 Å². The second kappa shape index (κ2) is 7.37. The van der Waals surface area contributed by atoms with Crippen molar-refractivity contribution in [1.82, 2.24) is 10.3 Å². The summed E-state index contributed by atoms with van der Waals surface area (Å²) in [6.45, 7) is 11.4. The zero-order valence-electron chi connectivity index (χ0n) is 12.3. The van der Waals surface area contributed by atoms with E-state index in [9.17, 15) is 0 Å². The van der Waals surface area contributed by atoms with Crippen molar-refractivity contribution >= 4 is 0 Å². The lowest BCUT2D eigenvalue weighted by atomic mass is 10.1. The van der Waals surface area contributed by atoms with Gasteiger partial charge in [-0.2, -0.15) is 0 Å². The van der Waals surface area contributed by atoms with E-state index < -0.39 is 0 Å². The molecule has 0 saturated heterocycles. The third-order valence-corrected chi connectivity index (χ3v) is 2.49. The molecular formula is C15H26N2O. The molecule has 1 rings (SSSR count). The number of rotatable bonds is 7. The minimum absolute atomic E-state index is 0.167. The molecule has 1 heterocycles. The fourth-order valence-corrected chi connectivity index (χ4v) is 1.73. The summed E-state index contributed by atoms with van der Waals surface area (Å²) >= 11 is 0. The van der Waals surface area contributed by atoms with Gasteiger partial charge in [-0.15, -0.1) is 0 Å². The Kier molecular flexibility index (Phi) is 6.13. The summed E-state index contributed by atoms with van der Waals surface area (Å²) in [6, 6.07) is 4.70. The van der Waals surface area contributed by atoms with Gasteiger partial charge < -0.3 is 10.1 Å². The Balaban J connectivity index is 2.83. The van der Waals surface area contributed by atoms with Crippen molar-refractivity contribution in [1.29, 1.82) is 0 Å². The number of ether oxygens (including phenoxy) is 1. The van der Waals surface area contributed by atoms with Gasteiger partial charge in [0.2, 0.25) is 5.88 Å². The molecule has 0 aliphatic rings. The smallest absolute Gasteiger partial charge is 0.214 e. The van der Waals surface area contributed by atoms with Crippen LogP contribution in [0.2, 0.25) is 0 Å². The van der Waals surface area contributed by atoms with E-state index >= 15 is 0 Å². The van der Waals surface area contributed by atoms with E-state index in [-0.39, 0.29) is 6.10 Å². The lowest BCUT2D eigenvalue weighted by Gasteiger charge is -2.13. The lowest BCUT2D eigenvalue weighted by Crippen LogP contribution is -2.22. The monoisotopic (exact) mass is 250 g/mol. The summed E-state index contributed by atoms with van der Waals surface area (Å²) in [4.78, 5) is 4.54. The molecule has 0 bridgehead atoms. The molecule has 0 aliphatic carbocycles. The number of aromatic nitrogens is 1. The van der Waals surface area contributed by atoms with Crippen molar-refractivity contribution in [3.05, 3.63) is 23.4 Å². The van der Waals surface area contributed by atoms with Gasteiger partial charge in [0.15, 0.2) is 0 Å². The summed E-state index contributed by atoms with van der Waals surface area (Å²) in [5.41, 5.74) is 2.37. The molecule has 0 amide bonds. The van der Waals surface area contributed by atoms with Gasteiger partial charge in [-0.1, -0.05) is 27.2 Å². The molecule has 0 unspecified atom stereocenters. The molecule has 3 nitrogen and oxygen atoms in total. The maximum Gasteiger partial charge on any atom is 0.214 e. The van der Waals surface area contributed by atoms with Crippen molar-refractivity contribution in [2.45, 2.75) is 66.2 Å². The Bertz CT molecular complexity index is 362. The van der Waals surface area contributed by atoms with E-state index in [2.05, 4.69) is 37.1 Å². The normalized spacial score (nSPS) is 11.3. The number of aryl methyl sites for hydroxylation is 1. The third-order valence-electron chi connectivity index (χ3n) is 2.49. The number of hydrogen-bond donors (Lipinski definition) is 1. The van der Waals surface area contributed by atoms with Crippen molar-refractivity contribution < 1.29 is 4.74 Å². The predicted octanol–water partition coefficient (Wildman–Crippen LogP) is 3.32. The van der Waals surface area contributed by atoms with Gasteiger partial charge in [0.25, 0.3) is 0 Å². The van der Waals surface area contributed by atoms with Crippen LogP contribution in [0.5, 0.6) is 5.88 Å². The minimum Gasteiger partial charge on any atom is -0.475 e. The first kappa shape index (κ1) is 15.0. The summed E-state index contributed by atoms with van der Waals surface area (Å²) in [7, 11) is 0. The molecular weight excluding hydrogens is 224 g/mol. The van der Waals surface area contributed by atoms with Crippen LogP contribution in [0, 0.1) is 0 Å². The number of nitrogens with zero attached hydrogens (tertiary/aromatic N) is 1. The first-order chi connectivity index (χ1) is 8.51. The molecule has 0 aliphatic heterocycles. The Hall–Kier alpha value is -1.09. The molecule has 0 saturated carbocycles. The predicted molar refractivity (Wildman–Crippen MR) is 76.0 cm³/mol. The van der Waals surface area contributed by atoms with Crippen molar-refractivity contribution in [2.75, 3.05) is 0 Å². The first-order valence-corrected chi connectivity index (χ1v) is 6.91. The molecule has 1 aromatic heterocycles. The van der Waals surface area contributed by atoms with Gasteiger partial charge in [0.05, 0.1) is 6.10 Å². The van der Waals surface area contributed by atoms with Crippen LogP contribution in [0.1, 0.15) is 52.3 Å². The van der Waals surface area contributed by atoms with E-state index in [1.807, 2.05) is 19.9 Å². The minimum atomic E-state index is 0.167. The van der Waals surface area contributed by atoms with Gasteiger partial charge in [-0.05, 0) is 31.9 Å². The molecule has 1 N–H and O–H groups in total. The summed E-state index contributed by atoms with van der Waals surface area (Å²) in [5, 5.41) is 3.43. The summed E-state index contributed by atoms with van der Waals surface area (Å²) in [6.07, 6.45) is 2.28. The Labute approximate surface area is 111 Å². The second-order valence-corrected chi connectivity index (χ2v) is 5.26. The quantitative estimate of drug-likeness (QED) is 0.806. The van der Waals surface area contributed by atoms with Gasteiger partial charge >= 0.3 is 0 Å². The number of pyridine rings is 1. The Morgan fingerprint density at radius 2 is 1.94 bits per heavy atom. The van der Waals surface area contributed by atoms with Gasteiger partial charge in [0, 0.05) is 24.3 Å². The topological polar surface area (TPSA) is 34.1 Å². The van der Waals surface area contributed by atoms with E-state index in [1.165, 1.54) is 5.56 Å². The van der Waals surface area contributed by atoms with Crippen molar-refractivity contribution in [3.63, 3.8) is 0 Å². The second-order valence-electron chi connectivity index (χ2n) is 5.26. The van der Waals surface area contributed by atoms with Crippen LogP contribution in [0.15, 0.2) is 12.1 Å². The Morgan fingerprint density at radius 3 is 2.50 bits per heavy atom. The van der Waals surface area contributed by atoms with Gasteiger partial charge in [-0.3, -0.25) is 0 Å². The molecule has 0 spiro atoms. The van der Waals surface area contributed by atoms with Crippen molar-refractivity contribution in [2.24, 2.45) is 0 Å². The molecule has 0 aromatic carbocycles. The molecule has 3 heteroatoms. The molecule has 0 radical (unpaired) electrons. The van der Waals surface area contributed by atoms with Crippen LogP contribution in [0.4, 0.5) is 0 Å². The molecule has 0 atom stereocenters. The van der Waals surface area contributed by atoms with E-state index in [4.69, 9.17) is 4.74 Å². The zero-order valence-corrected chi connectivity index (χ0v) is 12.3. The first-order valence-electron chi connectivity index (χ1n) is 6.91. The highest BCUT2D eigenvalue weighted by Crippen LogP contribution is 2.15. The molecule has 1 aromatic rings. The summed E-state index contributed by atoms with van der Waals surface area (Å²) < 4.78 is 5.71. The van der Waals surface area contributed by atoms with Crippen LogP contribution in [-0.4, -0.2) is 17.1 Å². The van der Waals surface area contributed by atoms with Crippen LogP contribution in [0.25, 0.3) is 0 Å². The fourth-order valence-electron chi connectivity index (χ4n) is 1.73. The maximum absolute atomic E-state index is 5.71. The largest absolute Gasteiger partial charge is 0.475 e. The molecule has 102 valence electrons. The average molecular weight is 250 g/mol. The zero-order chi connectivity index (χ0) is 13.5. The maximum atomic E-state index is 5.71. The number of hydrogen-bond acceptors (Lipinski definition) is 3. The highest BCUT2D eigenvalue weighted by molar-refractivity contribution is 5.25. The standard InChI is InChI=1S/C15H26N2O/c1-6-7-14-8-13(10-16-11(2)3)9-15(17-14)18-12(4)5/h8-9,11-12,16H,6-7,10H2,1-5H3. The van der Waals surface area contributed by atoms with Crippen LogP contribution in [-0.2, 0) is 13.0 Å². The highest BCUT2D eigenvalue weighted by Gasteiger charge is 2.06. The fraction of sp³-hybridized carbons (Fsp3) is 0.667. The molecule has 0 fully saturated rings. The van der Waals surface area contributed by atoms with Crippen molar-refractivity contribution in [3.8, 4) is 5.88 Å². The lowest BCUT2D eigenvalue weighted by molar-refractivity contribution is 0.231. The average Bonchev–Trinajstić information content (AvgIpc) is 2.25. The number of nitrogens with one attached hydrogen (secondary N) is 1. The molecule has 18 heavy (non-hydrogen) atoms. The SMILES string of the molecule is CCCc1cc(CNC(C)C)cc(OC(C)C)n1. The van der Waals surface area contributed by atoms with Gasteiger partial charge in [0.1, 0.15) is 0 Å². The Morgan fingerprint density at radius 1 is 1.22 bits per heavy atom. The van der Waals surface area contributed by atoms with Crippen LogP contribution >= 0.6 is 0 Å². The highest BCUT2D eigenvalue weighted by atomic mass is 16.5. The third kappa shape index (κ3) is 5.50. The van der Waals surface area contributed by atoms with Crippen LogP contribution < -0.4 is 10.1 Å². The van der Waals surface area contributed by atoms with Crippen LogP contribution in [0.3, 0.4) is 0 Å². The summed E-state index contributed by atoms with van der Waals surface area (Å²) in [5.74, 6) is 0.747. The van der Waals surface area contributed by atoms with Gasteiger partial charge in [-0.25, -0.2) is 4.98 Å².